The number of furan rings is 1. The van der Waals surface area contributed by atoms with Crippen molar-refractivity contribution in [3.8, 4) is 0 Å². The Labute approximate surface area is 155 Å². The van der Waals surface area contributed by atoms with Gasteiger partial charge in [-0.3, -0.25) is 9.59 Å². The number of hydrogen-bond acceptors (Lipinski definition) is 4. The second kappa shape index (κ2) is 8.39. The molecule has 5 heteroatoms. The standard InChI is InChI=1S/C21H29NO4/c1-7-22(11-15(5)21(24)25-6)20(23)9-16-12-26-19-8-14(4)17(13(2)3)10-18(16)19/h8,10,12-13,15H,7,9,11H2,1-6H3. The van der Waals surface area contributed by atoms with Gasteiger partial charge in [0.15, 0.2) is 0 Å². The van der Waals surface area contributed by atoms with E-state index in [1.165, 1.54) is 18.2 Å². The van der Waals surface area contributed by atoms with Gasteiger partial charge >= 0.3 is 5.97 Å². The molecule has 1 aromatic heterocycles. The largest absolute Gasteiger partial charge is 0.469 e. The fourth-order valence-corrected chi connectivity index (χ4v) is 3.29. The average molecular weight is 359 g/mol. The molecule has 1 amide bonds. The molecule has 0 bridgehead atoms. The Hall–Kier alpha value is -2.30. The summed E-state index contributed by atoms with van der Waals surface area (Å²) in [6, 6.07) is 4.17. The first kappa shape index (κ1) is 20.0. The van der Waals surface area contributed by atoms with Crippen molar-refractivity contribution < 1.29 is 18.7 Å². The van der Waals surface area contributed by atoms with Crippen LogP contribution < -0.4 is 0 Å². The van der Waals surface area contributed by atoms with E-state index in [0.717, 1.165) is 16.5 Å². The first-order valence-corrected chi connectivity index (χ1v) is 9.14. The van der Waals surface area contributed by atoms with Crippen LogP contribution in [0.5, 0.6) is 0 Å². The second-order valence-corrected chi connectivity index (χ2v) is 7.15. The van der Waals surface area contributed by atoms with Gasteiger partial charge < -0.3 is 14.1 Å². The number of benzene rings is 1. The molecule has 1 aromatic carbocycles. The van der Waals surface area contributed by atoms with E-state index in [4.69, 9.17) is 9.15 Å². The van der Waals surface area contributed by atoms with Crippen molar-refractivity contribution in [2.45, 2.75) is 47.0 Å². The molecule has 2 rings (SSSR count). The van der Waals surface area contributed by atoms with E-state index in [1.54, 1.807) is 18.1 Å². The van der Waals surface area contributed by atoms with Gasteiger partial charge in [-0.2, -0.15) is 0 Å². The minimum absolute atomic E-state index is 0.0161. The Morgan fingerprint density at radius 3 is 2.50 bits per heavy atom. The molecular weight excluding hydrogens is 330 g/mol. The van der Waals surface area contributed by atoms with Crippen molar-refractivity contribution in [2.24, 2.45) is 5.92 Å². The molecule has 26 heavy (non-hydrogen) atoms. The van der Waals surface area contributed by atoms with Crippen LogP contribution in [-0.2, 0) is 20.7 Å². The third-order valence-electron chi connectivity index (χ3n) is 4.84. The van der Waals surface area contributed by atoms with E-state index >= 15 is 0 Å². The number of methoxy groups -OCH3 is 1. The number of aryl methyl sites for hydroxylation is 1. The number of carbonyl (C=O) groups is 2. The zero-order valence-electron chi connectivity index (χ0n) is 16.6. The molecule has 0 spiro atoms. The summed E-state index contributed by atoms with van der Waals surface area (Å²) >= 11 is 0. The van der Waals surface area contributed by atoms with Crippen LogP contribution in [0.3, 0.4) is 0 Å². The third-order valence-corrected chi connectivity index (χ3v) is 4.84. The normalized spacial score (nSPS) is 12.4. The predicted molar refractivity (Wildman–Crippen MR) is 102 cm³/mol. The first-order valence-electron chi connectivity index (χ1n) is 9.14. The molecular formula is C21H29NO4. The number of carbonyl (C=O) groups excluding carboxylic acids is 2. The van der Waals surface area contributed by atoms with Crippen molar-refractivity contribution >= 4 is 22.8 Å². The maximum absolute atomic E-state index is 12.7. The molecule has 1 unspecified atom stereocenters. The summed E-state index contributed by atoms with van der Waals surface area (Å²) in [6.45, 7) is 11.0. The van der Waals surface area contributed by atoms with E-state index < -0.39 is 0 Å². The minimum atomic E-state index is -0.347. The highest BCUT2D eigenvalue weighted by atomic mass is 16.5. The van der Waals surface area contributed by atoms with Crippen molar-refractivity contribution in [3.05, 3.63) is 35.1 Å². The summed E-state index contributed by atoms with van der Waals surface area (Å²) in [5, 5.41) is 0.990. The maximum atomic E-state index is 12.7. The van der Waals surface area contributed by atoms with E-state index in [-0.39, 0.29) is 24.2 Å². The molecule has 0 aliphatic carbocycles. The smallest absolute Gasteiger partial charge is 0.310 e. The molecule has 0 radical (unpaired) electrons. The van der Waals surface area contributed by atoms with Crippen molar-refractivity contribution in [1.82, 2.24) is 4.90 Å². The number of nitrogens with zero attached hydrogens (tertiary/aromatic N) is 1. The molecule has 0 aliphatic rings. The summed E-state index contributed by atoms with van der Waals surface area (Å²) in [5.74, 6) is -0.259. The van der Waals surface area contributed by atoms with E-state index in [0.29, 0.717) is 19.0 Å². The molecule has 0 N–H and O–H groups in total. The number of rotatable bonds is 7. The Morgan fingerprint density at radius 1 is 1.23 bits per heavy atom. The van der Waals surface area contributed by atoms with E-state index in [2.05, 4.69) is 26.8 Å². The maximum Gasteiger partial charge on any atom is 0.310 e. The number of likely N-dealkylation sites (N-methyl/N-ethyl adjacent to an activating group) is 1. The fourth-order valence-electron chi connectivity index (χ4n) is 3.29. The minimum Gasteiger partial charge on any atom is -0.469 e. The Kier molecular flexibility index (Phi) is 6.46. The Bertz CT molecular complexity index is 791. The molecule has 2 aromatic rings. The summed E-state index contributed by atoms with van der Waals surface area (Å²) in [5.41, 5.74) is 4.15. The molecule has 0 saturated carbocycles. The topological polar surface area (TPSA) is 59.8 Å². The number of amides is 1. The van der Waals surface area contributed by atoms with Crippen LogP contribution in [0.4, 0.5) is 0 Å². The van der Waals surface area contributed by atoms with Crippen LogP contribution in [0, 0.1) is 12.8 Å². The SMILES string of the molecule is CCN(CC(C)C(=O)OC)C(=O)Cc1coc2cc(C)c(C(C)C)cc12. The summed E-state index contributed by atoms with van der Waals surface area (Å²) in [6.07, 6.45) is 1.93. The lowest BCUT2D eigenvalue weighted by Crippen LogP contribution is -2.38. The van der Waals surface area contributed by atoms with Gasteiger partial charge in [-0.25, -0.2) is 0 Å². The summed E-state index contributed by atoms with van der Waals surface area (Å²) < 4.78 is 10.4. The van der Waals surface area contributed by atoms with Gasteiger partial charge in [0.1, 0.15) is 5.58 Å². The number of esters is 1. The molecule has 142 valence electrons. The number of hydrogen-bond donors (Lipinski definition) is 0. The van der Waals surface area contributed by atoms with Gasteiger partial charge in [0, 0.05) is 24.0 Å². The quantitative estimate of drug-likeness (QED) is 0.699. The lowest BCUT2D eigenvalue weighted by atomic mass is 9.95. The van der Waals surface area contributed by atoms with Gasteiger partial charge in [0.25, 0.3) is 0 Å². The molecule has 0 fully saturated rings. The van der Waals surface area contributed by atoms with Crippen molar-refractivity contribution in [3.63, 3.8) is 0 Å². The Morgan fingerprint density at radius 2 is 1.92 bits per heavy atom. The highest BCUT2D eigenvalue weighted by Crippen LogP contribution is 2.29. The van der Waals surface area contributed by atoms with Crippen LogP contribution in [0.2, 0.25) is 0 Å². The molecule has 1 atom stereocenters. The van der Waals surface area contributed by atoms with Gasteiger partial charge in [-0.05, 0) is 43.0 Å². The monoisotopic (exact) mass is 359 g/mol. The molecule has 1 heterocycles. The molecule has 0 aliphatic heterocycles. The zero-order valence-corrected chi connectivity index (χ0v) is 16.6. The van der Waals surface area contributed by atoms with E-state index in [9.17, 15) is 9.59 Å². The lowest BCUT2D eigenvalue weighted by Gasteiger charge is -2.23. The van der Waals surface area contributed by atoms with Gasteiger partial charge in [0.05, 0.1) is 25.7 Å². The Balaban J connectivity index is 2.22. The third kappa shape index (κ3) is 4.26. The van der Waals surface area contributed by atoms with Crippen molar-refractivity contribution in [2.75, 3.05) is 20.2 Å². The van der Waals surface area contributed by atoms with Crippen LogP contribution >= 0.6 is 0 Å². The first-order chi connectivity index (χ1) is 12.3. The van der Waals surface area contributed by atoms with Gasteiger partial charge in [0.2, 0.25) is 5.91 Å². The van der Waals surface area contributed by atoms with Gasteiger partial charge in [-0.15, -0.1) is 0 Å². The second-order valence-electron chi connectivity index (χ2n) is 7.15. The van der Waals surface area contributed by atoms with Crippen molar-refractivity contribution in [1.29, 1.82) is 0 Å². The van der Waals surface area contributed by atoms with Crippen LogP contribution in [-0.4, -0.2) is 37.0 Å². The summed E-state index contributed by atoms with van der Waals surface area (Å²) in [7, 11) is 1.36. The lowest BCUT2D eigenvalue weighted by molar-refractivity contribution is -0.146. The van der Waals surface area contributed by atoms with E-state index in [1.807, 2.05) is 13.0 Å². The zero-order chi connectivity index (χ0) is 19.4. The number of fused-ring (bicyclic) bond motifs is 1. The van der Waals surface area contributed by atoms with Gasteiger partial charge in [-0.1, -0.05) is 20.8 Å². The van der Waals surface area contributed by atoms with Crippen LogP contribution in [0.1, 0.15) is 50.3 Å². The molecule has 5 nitrogen and oxygen atoms in total. The fraction of sp³-hybridized carbons (Fsp3) is 0.524. The molecule has 0 saturated heterocycles. The van der Waals surface area contributed by atoms with Crippen LogP contribution in [0.15, 0.2) is 22.8 Å². The summed E-state index contributed by atoms with van der Waals surface area (Å²) in [4.78, 5) is 26.1. The average Bonchev–Trinajstić information content (AvgIpc) is 2.98. The predicted octanol–water partition coefficient (Wildman–Crippen LogP) is 4.06. The van der Waals surface area contributed by atoms with Crippen LogP contribution in [0.25, 0.3) is 11.0 Å². The highest BCUT2D eigenvalue weighted by Gasteiger charge is 2.22. The number of ether oxygens (including phenoxy) is 1. The highest BCUT2D eigenvalue weighted by molar-refractivity contribution is 5.88.